The van der Waals surface area contributed by atoms with Crippen LogP contribution in [0.2, 0.25) is 0 Å². The highest BCUT2D eigenvalue weighted by Crippen LogP contribution is 2.06. The Morgan fingerprint density at radius 2 is 2.09 bits per heavy atom. The lowest BCUT2D eigenvalue weighted by molar-refractivity contribution is -0.145. The third-order valence-corrected chi connectivity index (χ3v) is 1.82. The van der Waals surface area contributed by atoms with Gasteiger partial charge in [0.05, 0.1) is 6.61 Å². The van der Waals surface area contributed by atoms with E-state index in [-0.39, 0.29) is 11.9 Å². The zero-order chi connectivity index (χ0) is 8.85. The molecule has 0 radical (unpaired) electrons. The van der Waals surface area contributed by atoms with Crippen molar-refractivity contribution in [3.8, 4) is 0 Å². The third kappa shape index (κ3) is 3.37. The normalized spacial score (nSPS) is 15.6. The average Bonchev–Trinajstić information content (AvgIpc) is 2.02. The van der Waals surface area contributed by atoms with E-state index in [1.165, 1.54) is 0 Å². The van der Waals surface area contributed by atoms with Crippen LogP contribution in [0.15, 0.2) is 0 Å². The van der Waals surface area contributed by atoms with E-state index in [2.05, 4.69) is 0 Å². The maximum absolute atomic E-state index is 11.0. The average molecular weight is 159 g/mol. The molecule has 0 aromatic heterocycles. The van der Waals surface area contributed by atoms with Gasteiger partial charge in [0.15, 0.2) is 0 Å². The van der Waals surface area contributed by atoms with Gasteiger partial charge in [0, 0.05) is 0 Å². The number of ether oxygens (including phenoxy) is 1. The summed E-state index contributed by atoms with van der Waals surface area (Å²) in [5.74, 6) is -0.0871. The minimum Gasteiger partial charge on any atom is -0.465 e. The number of hydrogen-bond acceptors (Lipinski definition) is 3. The van der Waals surface area contributed by atoms with Crippen LogP contribution in [-0.4, -0.2) is 18.6 Å². The van der Waals surface area contributed by atoms with E-state index in [1.807, 2.05) is 13.8 Å². The quantitative estimate of drug-likeness (QED) is 0.621. The molecule has 3 nitrogen and oxygen atoms in total. The zero-order valence-corrected chi connectivity index (χ0v) is 7.46. The van der Waals surface area contributed by atoms with Gasteiger partial charge in [-0.2, -0.15) is 0 Å². The maximum atomic E-state index is 11.0. The summed E-state index contributed by atoms with van der Waals surface area (Å²) in [6, 6.07) is -0.458. The summed E-state index contributed by atoms with van der Waals surface area (Å²) in [6.45, 7) is 6.13. The van der Waals surface area contributed by atoms with Crippen LogP contribution in [0.1, 0.15) is 27.2 Å². The van der Waals surface area contributed by atoms with Crippen molar-refractivity contribution in [3.05, 3.63) is 0 Å². The molecule has 0 aromatic rings. The smallest absolute Gasteiger partial charge is 0.323 e. The SMILES string of the molecule is CCOC(=O)[C@@H](N)C(C)CC. The Balaban J connectivity index is 3.80. The highest BCUT2D eigenvalue weighted by atomic mass is 16.5. The van der Waals surface area contributed by atoms with Crippen LogP contribution in [0.4, 0.5) is 0 Å². The first-order valence-electron chi connectivity index (χ1n) is 4.05. The molecule has 0 fully saturated rings. The zero-order valence-electron chi connectivity index (χ0n) is 7.46. The molecule has 0 amide bonds. The lowest BCUT2D eigenvalue weighted by Crippen LogP contribution is -2.37. The molecule has 0 spiro atoms. The number of nitrogens with two attached hydrogens (primary N) is 1. The summed E-state index contributed by atoms with van der Waals surface area (Å²) < 4.78 is 4.76. The monoisotopic (exact) mass is 159 g/mol. The minimum absolute atomic E-state index is 0.203. The van der Waals surface area contributed by atoms with E-state index in [9.17, 15) is 4.79 Å². The molecule has 3 heteroatoms. The summed E-state index contributed by atoms with van der Waals surface area (Å²) in [6.07, 6.45) is 0.903. The van der Waals surface area contributed by atoms with Gasteiger partial charge in [-0.15, -0.1) is 0 Å². The van der Waals surface area contributed by atoms with E-state index in [1.54, 1.807) is 6.92 Å². The third-order valence-electron chi connectivity index (χ3n) is 1.82. The molecule has 0 saturated carbocycles. The second-order valence-electron chi connectivity index (χ2n) is 2.66. The number of hydrogen-bond donors (Lipinski definition) is 1. The van der Waals surface area contributed by atoms with Crippen molar-refractivity contribution < 1.29 is 9.53 Å². The van der Waals surface area contributed by atoms with Gasteiger partial charge in [0.2, 0.25) is 0 Å². The standard InChI is InChI=1S/C8H17NO2/c1-4-6(3)7(9)8(10)11-5-2/h6-7H,4-5,9H2,1-3H3/t6?,7-/m0/s1. The van der Waals surface area contributed by atoms with Crippen LogP contribution < -0.4 is 5.73 Å². The second kappa shape index (κ2) is 5.13. The molecule has 0 aromatic carbocycles. The topological polar surface area (TPSA) is 52.3 Å². The Labute approximate surface area is 67.9 Å². The first-order chi connectivity index (χ1) is 5.13. The lowest BCUT2D eigenvalue weighted by atomic mass is 10.0. The number of rotatable bonds is 4. The van der Waals surface area contributed by atoms with E-state index in [0.29, 0.717) is 6.61 Å². The van der Waals surface area contributed by atoms with Crippen molar-refractivity contribution in [1.82, 2.24) is 0 Å². The van der Waals surface area contributed by atoms with Gasteiger partial charge < -0.3 is 10.5 Å². The Morgan fingerprint density at radius 3 is 2.45 bits per heavy atom. The molecule has 0 aliphatic rings. The van der Waals surface area contributed by atoms with Crippen LogP contribution >= 0.6 is 0 Å². The predicted octanol–water partition coefficient (Wildman–Crippen LogP) is 0.923. The predicted molar refractivity (Wildman–Crippen MR) is 44.1 cm³/mol. The summed E-state index contributed by atoms with van der Waals surface area (Å²) in [5.41, 5.74) is 5.58. The Bertz CT molecular complexity index is 125. The largest absolute Gasteiger partial charge is 0.465 e. The highest BCUT2D eigenvalue weighted by Gasteiger charge is 2.19. The Hall–Kier alpha value is -0.570. The Morgan fingerprint density at radius 1 is 1.55 bits per heavy atom. The van der Waals surface area contributed by atoms with Crippen LogP contribution in [0.5, 0.6) is 0 Å². The van der Waals surface area contributed by atoms with Gasteiger partial charge in [-0.05, 0) is 12.8 Å². The number of esters is 1. The molecular formula is C8H17NO2. The molecule has 11 heavy (non-hydrogen) atoms. The summed E-state index contributed by atoms with van der Waals surface area (Å²) in [4.78, 5) is 11.0. The molecular weight excluding hydrogens is 142 g/mol. The molecule has 0 bridgehead atoms. The highest BCUT2D eigenvalue weighted by molar-refractivity contribution is 5.75. The van der Waals surface area contributed by atoms with Crippen molar-refractivity contribution in [2.24, 2.45) is 11.7 Å². The van der Waals surface area contributed by atoms with Crippen molar-refractivity contribution >= 4 is 5.97 Å². The fraction of sp³-hybridized carbons (Fsp3) is 0.875. The van der Waals surface area contributed by atoms with Gasteiger partial charge in [0.25, 0.3) is 0 Å². The van der Waals surface area contributed by atoms with Gasteiger partial charge in [-0.3, -0.25) is 4.79 Å². The Kier molecular flexibility index (Phi) is 4.86. The minimum atomic E-state index is -0.458. The van der Waals surface area contributed by atoms with Gasteiger partial charge in [-0.1, -0.05) is 20.3 Å². The van der Waals surface area contributed by atoms with Gasteiger partial charge in [-0.25, -0.2) is 0 Å². The maximum Gasteiger partial charge on any atom is 0.323 e. The summed E-state index contributed by atoms with van der Waals surface area (Å²) in [5, 5.41) is 0. The molecule has 1 unspecified atom stereocenters. The fourth-order valence-corrected chi connectivity index (χ4v) is 0.725. The van der Waals surface area contributed by atoms with Crippen molar-refractivity contribution in [2.75, 3.05) is 6.61 Å². The van der Waals surface area contributed by atoms with Crippen LogP contribution in [0.3, 0.4) is 0 Å². The van der Waals surface area contributed by atoms with Crippen LogP contribution in [0.25, 0.3) is 0 Å². The van der Waals surface area contributed by atoms with Crippen molar-refractivity contribution in [2.45, 2.75) is 33.2 Å². The first kappa shape index (κ1) is 10.4. The fourth-order valence-electron chi connectivity index (χ4n) is 0.725. The first-order valence-corrected chi connectivity index (χ1v) is 4.05. The molecule has 2 N–H and O–H groups in total. The summed E-state index contributed by atoms with van der Waals surface area (Å²) >= 11 is 0. The molecule has 0 aliphatic carbocycles. The van der Waals surface area contributed by atoms with Crippen LogP contribution in [-0.2, 0) is 9.53 Å². The van der Waals surface area contributed by atoms with E-state index in [4.69, 9.17) is 10.5 Å². The van der Waals surface area contributed by atoms with E-state index in [0.717, 1.165) is 6.42 Å². The van der Waals surface area contributed by atoms with Crippen LogP contribution in [0, 0.1) is 5.92 Å². The molecule has 0 rings (SSSR count). The number of carbonyl (C=O) groups excluding carboxylic acids is 1. The molecule has 0 aliphatic heterocycles. The van der Waals surface area contributed by atoms with Gasteiger partial charge in [0.1, 0.15) is 6.04 Å². The second-order valence-corrected chi connectivity index (χ2v) is 2.66. The molecule has 2 atom stereocenters. The molecule has 66 valence electrons. The number of carbonyl (C=O) groups is 1. The van der Waals surface area contributed by atoms with Crippen molar-refractivity contribution in [1.29, 1.82) is 0 Å². The van der Waals surface area contributed by atoms with E-state index >= 15 is 0 Å². The van der Waals surface area contributed by atoms with Crippen molar-refractivity contribution in [3.63, 3.8) is 0 Å². The molecule has 0 saturated heterocycles. The van der Waals surface area contributed by atoms with Gasteiger partial charge >= 0.3 is 5.97 Å². The summed E-state index contributed by atoms with van der Waals surface area (Å²) in [7, 11) is 0. The molecule has 0 heterocycles. The lowest BCUT2D eigenvalue weighted by Gasteiger charge is -2.15. The van der Waals surface area contributed by atoms with E-state index < -0.39 is 6.04 Å².